The molecule has 0 heterocycles. The highest BCUT2D eigenvalue weighted by molar-refractivity contribution is 6.49. The van der Waals surface area contributed by atoms with E-state index in [0.717, 1.165) is 30.9 Å². The summed E-state index contributed by atoms with van der Waals surface area (Å²) in [6, 6.07) is 1.92. The molecular formula is C22H29O3Si. The minimum atomic E-state index is -0.952. The summed E-state index contributed by atoms with van der Waals surface area (Å²) in [5.41, 5.74) is 6.77. The molecule has 4 aliphatic rings. The number of hydrogen-bond donors (Lipinski definition) is 1. The molecule has 0 amide bonds. The number of rotatable bonds is 3. The molecule has 0 aromatic heterocycles. The molecule has 3 nitrogen and oxygen atoms in total. The fraction of sp³-hybridized carbons (Fsp3) is 0.636. The van der Waals surface area contributed by atoms with Gasteiger partial charge in [0.25, 0.3) is 9.04 Å². The van der Waals surface area contributed by atoms with Crippen LogP contribution in [0, 0.1) is 16.7 Å². The fourth-order valence-electron chi connectivity index (χ4n) is 6.65. The maximum atomic E-state index is 10.5. The second-order valence-corrected chi connectivity index (χ2v) is 11.3. The maximum absolute atomic E-state index is 10.5. The van der Waals surface area contributed by atoms with Crippen molar-refractivity contribution in [3.05, 3.63) is 22.8 Å². The van der Waals surface area contributed by atoms with Crippen molar-refractivity contribution in [3.63, 3.8) is 0 Å². The van der Waals surface area contributed by atoms with Gasteiger partial charge in [-0.05, 0) is 86.6 Å². The van der Waals surface area contributed by atoms with Crippen LogP contribution in [0.5, 0.6) is 17.2 Å². The standard InChI is InChI=1S/C22H29O3Si/c1-21-9-7-14-12-22(14,21)16-6-5-13-11-17(23)19(24-2)20(25-26(3)4)18(13)15(16)8-10-21/h11,14,23H,5-10,12H2,1-4H3/t14-,21+,22+/m1/s1. The minimum Gasteiger partial charge on any atom is -0.540 e. The Hall–Kier alpha value is -1.42. The molecule has 4 aliphatic carbocycles. The third kappa shape index (κ3) is 1.94. The topological polar surface area (TPSA) is 38.7 Å². The number of benzene rings is 1. The molecule has 3 atom stereocenters. The number of fused-ring (bicyclic) bond motifs is 2. The van der Waals surface area contributed by atoms with Crippen LogP contribution in [0.4, 0.5) is 0 Å². The number of ether oxygens (including phenoxy) is 1. The quantitative estimate of drug-likeness (QED) is 0.732. The molecule has 5 rings (SSSR count). The Morgan fingerprint density at radius 1 is 1.15 bits per heavy atom. The first kappa shape index (κ1) is 16.7. The third-order valence-electron chi connectivity index (χ3n) is 7.81. The second kappa shape index (κ2) is 5.31. The van der Waals surface area contributed by atoms with Gasteiger partial charge in [0.1, 0.15) is 0 Å². The Kier molecular flexibility index (Phi) is 3.42. The highest BCUT2D eigenvalue weighted by Crippen LogP contribution is 2.80. The fourth-order valence-corrected chi connectivity index (χ4v) is 7.25. The van der Waals surface area contributed by atoms with E-state index < -0.39 is 9.04 Å². The van der Waals surface area contributed by atoms with Gasteiger partial charge in [-0.3, -0.25) is 0 Å². The molecule has 0 bridgehead atoms. The molecule has 0 unspecified atom stereocenters. The minimum absolute atomic E-state index is 0.220. The van der Waals surface area contributed by atoms with Crippen molar-refractivity contribution < 1.29 is 14.3 Å². The largest absolute Gasteiger partial charge is 0.540 e. The first-order chi connectivity index (χ1) is 12.4. The average Bonchev–Trinajstić information content (AvgIpc) is 3.25. The lowest BCUT2D eigenvalue weighted by atomic mass is 9.59. The van der Waals surface area contributed by atoms with E-state index in [1.807, 2.05) is 6.07 Å². The summed E-state index contributed by atoms with van der Waals surface area (Å²) in [7, 11) is 0.681. The molecule has 1 spiro atoms. The van der Waals surface area contributed by atoms with E-state index in [-0.39, 0.29) is 5.75 Å². The lowest BCUT2D eigenvalue weighted by Gasteiger charge is -2.45. The zero-order chi connectivity index (χ0) is 18.3. The van der Waals surface area contributed by atoms with E-state index in [4.69, 9.17) is 9.16 Å². The number of phenolic OH excluding ortho intramolecular Hbond substituents is 1. The second-order valence-electron chi connectivity index (χ2n) is 9.23. The molecule has 1 aromatic rings. The van der Waals surface area contributed by atoms with Crippen molar-refractivity contribution in [2.75, 3.05) is 7.11 Å². The summed E-state index contributed by atoms with van der Waals surface area (Å²) < 4.78 is 11.9. The van der Waals surface area contributed by atoms with E-state index in [0.29, 0.717) is 16.6 Å². The van der Waals surface area contributed by atoms with Crippen LogP contribution in [-0.2, 0) is 6.42 Å². The molecule has 2 saturated carbocycles. The van der Waals surface area contributed by atoms with Gasteiger partial charge >= 0.3 is 0 Å². The maximum Gasteiger partial charge on any atom is 0.274 e. The Labute approximate surface area is 158 Å². The first-order valence-corrected chi connectivity index (χ1v) is 12.5. The van der Waals surface area contributed by atoms with Crippen LogP contribution in [0.25, 0.3) is 5.57 Å². The first-order valence-electron chi connectivity index (χ1n) is 10.0. The van der Waals surface area contributed by atoms with Gasteiger partial charge in [-0.15, -0.1) is 0 Å². The van der Waals surface area contributed by atoms with Crippen LogP contribution in [0.3, 0.4) is 0 Å². The number of aromatic hydroxyl groups is 1. The van der Waals surface area contributed by atoms with Crippen molar-refractivity contribution in [3.8, 4) is 17.2 Å². The summed E-state index contributed by atoms with van der Waals surface area (Å²) in [5.74, 6) is 2.47. The molecule has 26 heavy (non-hydrogen) atoms. The van der Waals surface area contributed by atoms with Gasteiger partial charge in [0.2, 0.25) is 5.75 Å². The number of methoxy groups -OCH3 is 1. The van der Waals surface area contributed by atoms with E-state index in [1.165, 1.54) is 42.4 Å². The highest BCUT2D eigenvalue weighted by Gasteiger charge is 2.70. The van der Waals surface area contributed by atoms with Crippen LogP contribution in [0.15, 0.2) is 11.6 Å². The smallest absolute Gasteiger partial charge is 0.274 e. The summed E-state index contributed by atoms with van der Waals surface area (Å²) in [6.07, 6.45) is 8.84. The lowest BCUT2D eigenvalue weighted by molar-refractivity contribution is 0.180. The zero-order valence-corrected chi connectivity index (χ0v) is 17.4. The van der Waals surface area contributed by atoms with Gasteiger partial charge < -0.3 is 14.3 Å². The Bertz CT molecular complexity index is 827. The van der Waals surface area contributed by atoms with Crippen molar-refractivity contribution in [1.82, 2.24) is 0 Å². The average molecular weight is 370 g/mol. The predicted octanol–water partition coefficient (Wildman–Crippen LogP) is 5.33. The molecule has 0 saturated heterocycles. The van der Waals surface area contributed by atoms with Gasteiger partial charge in [0.05, 0.1) is 7.11 Å². The number of allylic oxidation sites excluding steroid dienone is 2. The van der Waals surface area contributed by atoms with Crippen molar-refractivity contribution >= 4 is 14.6 Å². The molecule has 139 valence electrons. The van der Waals surface area contributed by atoms with E-state index in [9.17, 15) is 5.11 Å². The van der Waals surface area contributed by atoms with Gasteiger partial charge in [-0.25, -0.2) is 0 Å². The van der Waals surface area contributed by atoms with Crippen molar-refractivity contribution in [2.45, 2.75) is 65.0 Å². The number of aryl methyl sites for hydroxylation is 1. The summed E-state index contributed by atoms with van der Waals surface area (Å²) in [6.45, 7) is 6.83. The van der Waals surface area contributed by atoms with Crippen LogP contribution >= 0.6 is 0 Å². The summed E-state index contributed by atoms with van der Waals surface area (Å²) in [5, 5.41) is 10.5. The van der Waals surface area contributed by atoms with Gasteiger partial charge in [0.15, 0.2) is 11.5 Å². The molecule has 1 radical (unpaired) electrons. The van der Waals surface area contributed by atoms with Crippen LogP contribution in [-0.4, -0.2) is 21.3 Å². The van der Waals surface area contributed by atoms with Crippen molar-refractivity contribution in [2.24, 2.45) is 16.7 Å². The van der Waals surface area contributed by atoms with Gasteiger partial charge in [-0.1, -0.05) is 12.5 Å². The molecular weight excluding hydrogens is 340 g/mol. The molecule has 1 aromatic carbocycles. The SMILES string of the molecule is COc1c(O)cc2c(c1O[Si](C)C)C1=C(CC2)[C@]23C[C@H]2CC[C@@]3(C)CC1. The summed E-state index contributed by atoms with van der Waals surface area (Å²) >= 11 is 0. The number of hydrogen-bond acceptors (Lipinski definition) is 3. The van der Waals surface area contributed by atoms with E-state index >= 15 is 0 Å². The van der Waals surface area contributed by atoms with Crippen LogP contribution < -0.4 is 9.16 Å². The highest BCUT2D eigenvalue weighted by atomic mass is 28.3. The van der Waals surface area contributed by atoms with E-state index in [1.54, 1.807) is 12.7 Å². The Balaban J connectivity index is 1.73. The predicted molar refractivity (Wildman–Crippen MR) is 105 cm³/mol. The van der Waals surface area contributed by atoms with Crippen LogP contribution in [0.1, 0.15) is 56.6 Å². The van der Waals surface area contributed by atoms with Crippen molar-refractivity contribution in [1.29, 1.82) is 0 Å². The molecule has 4 heteroatoms. The normalized spacial score (nSPS) is 34.1. The zero-order valence-electron chi connectivity index (χ0n) is 16.4. The third-order valence-corrected chi connectivity index (χ3v) is 8.42. The van der Waals surface area contributed by atoms with E-state index in [2.05, 4.69) is 20.0 Å². The monoisotopic (exact) mass is 369 g/mol. The summed E-state index contributed by atoms with van der Waals surface area (Å²) in [4.78, 5) is 0. The number of phenols is 1. The molecule has 1 N–H and O–H groups in total. The van der Waals surface area contributed by atoms with Gasteiger partial charge in [0, 0.05) is 11.0 Å². The molecule has 2 fully saturated rings. The Morgan fingerprint density at radius 2 is 1.96 bits per heavy atom. The van der Waals surface area contributed by atoms with Crippen LogP contribution in [0.2, 0.25) is 13.1 Å². The molecule has 0 aliphatic heterocycles. The van der Waals surface area contributed by atoms with Gasteiger partial charge in [-0.2, -0.15) is 0 Å². The lowest BCUT2D eigenvalue weighted by Crippen LogP contribution is -2.34. The Morgan fingerprint density at radius 3 is 2.65 bits per heavy atom.